The summed E-state index contributed by atoms with van der Waals surface area (Å²) in [5, 5.41) is 19.7. The van der Waals surface area contributed by atoms with Gasteiger partial charge in [0.15, 0.2) is 0 Å². The number of aliphatic hydroxyl groups excluding tert-OH is 1. The van der Waals surface area contributed by atoms with Crippen LogP contribution >= 0.6 is 0 Å². The Hall–Kier alpha value is -0.860. The van der Waals surface area contributed by atoms with Crippen molar-refractivity contribution in [2.45, 2.75) is 52.2 Å². The maximum absolute atomic E-state index is 9.89. The highest BCUT2D eigenvalue weighted by Crippen LogP contribution is 2.41. The molecule has 0 saturated carbocycles. The Bertz CT molecular complexity index is 359. The zero-order valence-corrected chi connectivity index (χ0v) is 11.3. The Morgan fingerprint density at radius 1 is 1.47 bits per heavy atom. The van der Waals surface area contributed by atoms with E-state index in [-0.39, 0.29) is 11.5 Å². The Balaban J connectivity index is 3.03. The molecule has 0 aliphatic heterocycles. The van der Waals surface area contributed by atoms with E-state index in [0.717, 1.165) is 12.8 Å². The third-order valence-corrected chi connectivity index (χ3v) is 3.48. The van der Waals surface area contributed by atoms with Gasteiger partial charge >= 0.3 is 0 Å². The fourth-order valence-corrected chi connectivity index (χ4v) is 2.50. The molecule has 2 N–H and O–H groups in total. The van der Waals surface area contributed by atoms with Gasteiger partial charge in [-0.3, -0.25) is 0 Å². The number of hydrogen-bond acceptors (Lipinski definition) is 2. The Morgan fingerprint density at radius 3 is 2.53 bits per heavy atom. The van der Waals surface area contributed by atoms with Gasteiger partial charge < -0.3 is 10.2 Å². The minimum Gasteiger partial charge on any atom is -0.393 e. The van der Waals surface area contributed by atoms with Gasteiger partial charge in [0.25, 0.3) is 0 Å². The number of hydrogen-bond donors (Lipinski definition) is 2. The van der Waals surface area contributed by atoms with E-state index in [0.29, 0.717) is 0 Å². The standard InChI is InChI=1S/C15H24O2/c1-6-15(5,17)8-7-13-11(2)9-12(16)10-14(13,3)4/h6-8,12,16-17H,1,9-10H2,2-5H3/b8-7+/t12-,15?/m1/s1. The Labute approximate surface area is 104 Å². The summed E-state index contributed by atoms with van der Waals surface area (Å²) in [4.78, 5) is 0. The van der Waals surface area contributed by atoms with Crippen LogP contribution in [0.1, 0.15) is 40.5 Å². The van der Waals surface area contributed by atoms with Crippen molar-refractivity contribution in [3.05, 3.63) is 36.0 Å². The molecule has 1 unspecified atom stereocenters. The van der Waals surface area contributed by atoms with Crippen LogP contribution in [0.3, 0.4) is 0 Å². The predicted octanol–water partition coefficient (Wildman–Crippen LogP) is 2.98. The van der Waals surface area contributed by atoms with Gasteiger partial charge in [-0.25, -0.2) is 0 Å². The molecule has 0 bridgehead atoms. The van der Waals surface area contributed by atoms with Crippen molar-refractivity contribution in [3.8, 4) is 0 Å². The highest BCUT2D eigenvalue weighted by Gasteiger charge is 2.31. The van der Waals surface area contributed by atoms with Crippen LogP contribution in [0.2, 0.25) is 0 Å². The summed E-state index contributed by atoms with van der Waals surface area (Å²) < 4.78 is 0. The lowest BCUT2D eigenvalue weighted by molar-refractivity contribution is 0.116. The number of rotatable bonds is 3. The highest BCUT2D eigenvalue weighted by atomic mass is 16.3. The van der Waals surface area contributed by atoms with Crippen LogP contribution in [0.5, 0.6) is 0 Å². The predicted molar refractivity (Wildman–Crippen MR) is 71.7 cm³/mol. The van der Waals surface area contributed by atoms with Crippen LogP contribution in [0.25, 0.3) is 0 Å². The SMILES string of the molecule is C=CC(C)(O)/C=C/C1=C(C)C[C@@H](O)CC1(C)C. The van der Waals surface area contributed by atoms with E-state index < -0.39 is 5.60 Å². The van der Waals surface area contributed by atoms with E-state index in [1.54, 1.807) is 13.0 Å². The third-order valence-electron chi connectivity index (χ3n) is 3.48. The molecule has 0 aromatic carbocycles. The summed E-state index contributed by atoms with van der Waals surface area (Å²) in [5.41, 5.74) is 1.39. The molecule has 2 atom stereocenters. The van der Waals surface area contributed by atoms with E-state index >= 15 is 0 Å². The van der Waals surface area contributed by atoms with E-state index in [2.05, 4.69) is 20.4 Å². The van der Waals surface area contributed by atoms with Crippen LogP contribution in [-0.4, -0.2) is 21.9 Å². The zero-order chi connectivity index (χ0) is 13.3. The zero-order valence-electron chi connectivity index (χ0n) is 11.3. The summed E-state index contributed by atoms with van der Waals surface area (Å²) in [6, 6.07) is 0. The molecule has 2 nitrogen and oxygen atoms in total. The van der Waals surface area contributed by atoms with Crippen molar-refractivity contribution in [1.82, 2.24) is 0 Å². The Morgan fingerprint density at radius 2 is 2.06 bits per heavy atom. The van der Waals surface area contributed by atoms with Crippen LogP contribution < -0.4 is 0 Å². The first-order valence-electron chi connectivity index (χ1n) is 6.11. The van der Waals surface area contributed by atoms with E-state index in [1.807, 2.05) is 13.0 Å². The van der Waals surface area contributed by atoms with Gasteiger partial charge in [0.1, 0.15) is 0 Å². The van der Waals surface area contributed by atoms with E-state index in [9.17, 15) is 10.2 Å². The molecule has 0 heterocycles. The van der Waals surface area contributed by atoms with Gasteiger partial charge in [-0.15, -0.1) is 0 Å². The second-order valence-corrected chi connectivity index (χ2v) is 5.90. The molecule has 0 radical (unpaired) electrons. The highest BCUT2D eigenvalue weighted by molar-refractivity contribution is 5.35. The van der Waals surface area contributed by atoms with E-state index in [1.165, 1.54) is 17.2 Å². The van der Waals surface area contributed by atoms with Gasteiger partial charge in [0.2, 0.25) is 0 Å². The van der Waals surface area contributed by atoms with Crippen molar-refractivity contribution in [1.29, 1.82) is 0 Å². The summed E-state index contributed by atoms with van der Waals surface area (Å²) in [6.45, 7) is 11.6. The second-order valence-electron chi connectivity index (χ2n) is 5.90. The van der Waals surface area contributed by atoms with Crippen LogP contribution in [-0.2, 0) is 0 Å². The van der Waals surface area contributed by atoms with Crippen molar-refractivity contribution in [2.75, 3.05) is 0 Å². The molecule has 1 rings (SSSR count). The lowest BCUT2D eigenvalue weighted by Gasteiger charge is -2.36. The molecule has 0 aromatic rings. The quantitative estimate of drug-likeness (QED) is 0.740. The van der Waals surface area contributed by atoms with Crippen LogP contribution in [0, 0.1) is 5.41 Å². The number of allylic oxidation sites excluding steroid dienone is 2. The topological polar surface area (TPSA) is 40.5 Å². The fraction of sp³-hybridized carbons (Fsp3) is 0.600. The lowest BCUT2D eigenvalue weighted by Crippen LogP contribution is -2.28. The normalized spacial score (nSPS) is 28.2. The van der Waals surface area contributed by atoms with Crippen molar-refractivity contribution >= 4 is 0 Å². The van der Waals surface area contributed by atoms with Gasteiger partial charge in [0, 0.05) is 0 Å². The molecule has 96 valence electrons. The van der Waals surface area contributed by atoms with Crippen molar-refractivity contribution < 1.29 is 10.2 Å². The average molecular weight is 236 g/mol. The molecular weight excluding hydrogens is 212 g/mol. The molecule has 0 amide bonds. The van der Waals surface area contributed by atoms with Gasteiger partial charge in [0.05, 0.1) is 11.7 Å². The molecule has 1 aliphatic carbocycles. The first kappa shape index (κ1) is 14.2. The smallest absolute Gasteiger partial charge is 0.0981 e. The van der Waals surface area contributed by atoms with Gasteiger partial charge in [-0.1, -0.05) is 38.2 Å². The summed E-state index contributed by atoms with van der Waals surface area (Å²) in [5.74, 6) is 0. The third kappa shape index (κ3) is 3.55. The van der Waals surface area contributed by atoms with Crippen LogP contribution in [0.15, 0.2) is 36.0 Å². The largest absolute Gasteiger partial charge is 0.393 e. The minimum atomic E-state index is -0.973. The Kier molecular flexibility index (Phi) is 4.00. The summed E-state index contributed by atoms with van der Waals surface area (Å²) in [7, 11) is 0. The summed E-state index contributed by atoms with van der Waals surface area (Å²) >= 11 is 0. The number of aliphatic hydroxyl groups is 2. The monoisotopic (exact) mass is 236 g/mol. The van der Waals surface area contributed by atoms with Crippen LogP contribution in [0.4, 0.5) is 0 Å². The molecule has 0 saturated heterocycles. The second kappa shape index (κ2) is 4.79. The molecule has 2 heteroatoms. The molecule has 1 aliphatic rings. The molecule has 0 aromatic heterocycles. The maximum atomic E-state index is 9.89. The average Bonchev–Trinajstić information content (AvgIpc) is 2.14. The van der Waals surface area contributed by atoms with Crippen molar-refractivity contribution in [3.63, 3.8) is 0 Å². The maximum Gasteiger partial charge on any atom is 0.0981 e. The molecular formula is C15H24O2. The van der Waals surface area contributed by atoms with Gasteiger partial charge in [-0.2, -0.15) is 0 Å². The first-order chi connectivity index (χ1) is 7.68. The fourth-order valence-electron chi connectivity index (χ4n) is 2.50. The lowest BCUT2D eigenvalue weighted by atomic mass is 9.71. The van der Waals surface area contributed by atoms with Gasteiger partial charge in [-0.05, 0) is 43.8 Å². The molecule has 17 heavy (non-hydrogen) atoms. The first-order valence-corrected chi connectivity index (χ1v) is 6.11. The van der Waals surface area contributed by atoms with E-state index in [4.69, 9.17) is 0 Å². The van der Waals surface area contributed by atoms with Crippen molar-refractivity contribution in [2.24, 2.45) is 5.41 Å². The minimum absolute atomic E-state index is 0.0461. The molecule has 0 fully saturated rings. The molecule has 0 spiro atoms. The summed E-state index contributed by atoms with van der Waals surface area (Å²) in [6.07, 6.45) is 6.49.